The Morgan fingerprint density at radius 1 is 1.37 bits per heavy atom. The SMILES string of the molecule is O=C(O)C(CNc1c(Br)cc(Cl)cc1Br)C(F)(F)F. The van der Waals surface area contributed by atoms with Crippen molar-refractivity contribution in [1.29, 1.82) is 0 Å². The van der Waals surface area contributed by atoms with Crippen molar-refractivity contribution in [3.63, 3.8) is 0 Å². The lowest BCUT2D eigenvalue weighted by Gasteiger charge is -2.18. The molecule has 1 unspecified atom stereocenters. The standard InChI is InChI=1S/C10H7Br2ClF3NO2/c11-6-1-4(13)2-7(12)8(6)17-3-5(9(18)19)10(14,15)16/h1-2,5,17H,3H2,(H,18,19). The van der Waals surface area contributed by atoms with Crippen LogP contribution in [0.5, 0.6) is 0 Å². The molecule has 0 aliphatic heterocycles. The van der Waals surface area contributed by atoms with Gasteiger partial charge in [0.15, 0.2) is 5.92 Å². The maximum absolute atomic E-state index is 12.5. The lowest BCUT2D eigenvalue weighted by Crippen LogP contribution is -2.36. The van der Waals surface area contributed by atoms with Crippen LogP contribution in [0, 0.1) is 5.92 Å². The number of nitrogens with one attached hydrogen (secondary N) is 1. The molecule has 106 valence electrons. The van der Waals surface area contributed by atoms with E-state index in [4.69, 9.17) is 16.7 Å². The molecule has 1 rings (SSSR count). The molecule has 0 saturated carbocycles. The fourth-order valence-corrected chi connectivity index (χ4v) is 3.21. The minimum absolute atomic E-state index is 0.305. The van der Waals surface area contributed by atoms with Crippen molar-refractivity contribution in [2.24, 2.45) is 5.92 Å². The number of benzene rings is 1. The lowest BCUT2D eigenvalue weighted by molar-refractivity contribution is -0.190. The van der Waals surface area contributed by atoms with Crippen LogP contribution in [0.2, 0.25) is 5.02 Å². The zero-order valence-corrected chi connectivity index (χ0v) is 13.0. The minimum atomic E-state index is -4.82. The molecular formula is C10H7Br2ClF3NO2. The summed E-state index contributed by atoms with van der Waals surface area (Å²) in [6, 6.07) is 2.97. The summed E-state index contributed by atoms with van der Waals surface area (Å²) in [4.78, 5) is 10.6. The van der Waals surface area contributed by atoms with E-state index in [9.17, 15) is 18.0 Å². The predicted octanol–water partition coefficient (Wildman–Crippen LogP) is 4.54. The van der Waals surface area contributed by atoms with Crippen molar-refractivity contribution in [2.45, 2.75) is 6.18 Å². The summed E-state index contributed by atoms with van der Waals surface area (Å²) in [6.45, 7) is -0.780. The lowest BCUT2D eigenvalue weighted by atomic mass is 10.1. The smallest absolute Gasteiger partial charge is 0.403 e. The highest BCUT2D eigenvalue weighted by molar-refractivity contribution is 9.11. The van der Waals surface area contributed by atoms with Crippen LogP contribution in [0.4, 0.5) is 18.9 Å². The molecule has 0 aliphatic rings. The monoisotopic (exact) mass is 423 g/mol. The normalized spacial score (nSPS) is 13.2. The molecule has 1 atom stereocenters. The molecule has 0 aliphatic carbocycles. The first-order chi connectivity index (χ1) is 8.62. The highest BCUT2D eigenvalue weighted by Gasteiger charge is 2.44. The van der Waals surface area contributed by atoms with Gasteiger partial charge >= 0.3 is 12.1 Å². The van der Waals surface area contributed by atoms with Crippen LogP contribution in [0.15, 0.2) is 21.1 Å². The third-order valence-corrected chi connectivity index (χ3v) is 3.65. The fraction of sp³-hybridized carbons (Fsp3) is 0.300. The fourth-order valence-electron chi connectivity index (χ4n) is 1.26. The Hall–Kier alpha value is -0.470. The van der Waals surface area contributed by atoms with E-state index < -0.39 is 24.6 Å². The molecule has 1 aromatic carbocycles. The summed E-state index contributed by atoms with van der Waals surface area (Å²) in [6.07, 6.45) is -4.82. The Bertz CT molecular complexity index is 473. The van der Waals surface area contributed by atoms with Crippen LogP contribution >= 0.6 is 43.5 Å². The van der Waals surface area contributed by atoms with Crippen LogP contribution in [0.1, 0.15) is 0 Å². The van der Waals surface area contributed by atoms with Crippen molar-refractivity contribution in [3.05, 3.63) is 26.1 Å². The highest BCUT2D eigenvalue weighted by Crippen LogP contribution is 2.35. The van der Waals surface area contributed by atoms with Crippen LogP contribution in [0.3, 0.4) is 0 Å². The topological polar surface area (TPSA) is 49.3 Å². The zero-order valence-electron chi connectivity index (χ0n) is 9.06. The Morgan fingerprint density at radius 2 is 1.84 bits per heavy atom. The largest absolute Gasteiger partial charge is 0.481 e. The van der Waals surface area contributed by atoms with Crippen molar-refractivity contribution in [1.82, 2.24) is 0 Å². The Balaban J connectivity index is 2.90. The molecule has 0 heterocycles. The van der Waals surface area contributed by atoms with Gasteiger partial charge < -0.3 is 10.4 Å². The van der Waals surface area contributed by atoms with Gasteiger partial charge in [-0.3, -0.25) is 4.79 Å². The van der Waals surface area contributed by atoms with Crippen molar-refractivity contribution in [2.75, 3.05) is 11.9 Å². The van der Waals surface area contributed by atoms with E-state index in [1.807, 2.05) is 0 Å². The molecule has 0 bridgehead atoms. The molecule has 1 aromatic rings. The van der Waals surface area contributed by atoms with Gasteiger partial charge in [0.1, 0.15) is 0 Å². The number of rotatable bonds is 4. The third-order valence-electron chi connectivity index (χ3n) is 2.18. The van der Waals surface area contributed by atoms with Gasteiger partial charge in [-0.1, -0.05) is 11.6 Å². The van der Waals surface area contributed by atoms with Gasteiger partial charge in [-0.25, -0.2) is 0 Å². The average Bonchev–Trinajstić information content (AvgIpc) is 2.18. The van der Waals surface area contributed by atoms with E-state index in [1.54, 1.807) is 0 Å². The number of halogens is 6. The molecule has 2 N–H and O–H groups in total. The van der Waals surface area contributed by atoms with Gasteiger partial charge in [-0.2, -0.15) is 13.2 Å². The quantitative estimate of drug-likeness (QED) is 0.745. The van der Waals surface area contributed by atoms with Crippen LogP contribution in [-0.2, 0) is 4.79 Å². The van der Waals surface area contributed by atoms with Crippen molar-refractivity contribution < 1.29 is 23.1 Å². The number of alkyl halides is 3. The van der Waals surface area contributed by atoms with Gasteiger partial charge in [0.05, 0.1) is 5.69 Å². The van der Waals surface area contributed by atoms with E-state index >= 15 is 0 Å². The van der Waals surface area contributed by atoms with E-state index in [0.29, 0.717) is 19.7 Å². The van der Waals surface area contributed by atoms with Crippen molar-refractivity contribution >= 4 is 55.1 Å². The number of hydrogen-bond donors (Lipinski definition) is 2. The summed E-state index contributed by atoms with van der Waals surface area (Å²) in [5, 5.41) is 11.4. The minimum Gasteiger partial charge on any atom is -0.481 e. The molecule has 0 fully saturated rings. The Labute approximate surface area is 128 Å². The predicted molar refractivity (Wildman–Crippen MR) is 72.5 cm³/mol. The molecule has 0 amide bonds. The number of anilines is 1. The number of aliphatic carboxylic acids is 1. The first-order valence-electron chi connectivity index (χ1n) is 4.81. The average molecular weight is 425 g/mol. The van der Waals surface area contributed by atoms with E-state index in [2.05, 4.69) is 37.2 Å². The summed E-state index contributed by atoms with van der Waals surface area (Å²) in [5.74, 6) is -4.41. The summed E-state index contributed by atoms with van der Waals surface area (Å²) < 4.78 is 38.3. The van der Waals surface area contributed by atoms with Gasteiger partial charge in [0, 0.05) is 20.5 Å². The van der Waals surface area contributed by atoms with Crippen LogP contribution in [-0.4, -0.2) is 23.8 Å². The Morgan fingerprint density at radius 3 is 2.21 bits per heavy atom. The molecule has 3 nitrogen and oxygen atoms in total. The van der Waals surface area contributed by atoms with Crippen molar-refractivity contribution in [3.8, 4) is 0 Å². The van der Waals surface area contributed by atoms with E-state index in [0.717, 1.165) is 0 Å². The summed E-state index contributed by atoms with van der Waals surface area (Å²) in [7, 11) is 0. The molecule has 0 saturated heterocycles. The molecule has 0 aromatic heterocycles. The molecule has 19 heavy (non-hydrogen) atoms. The number of hydrogen-bond acceptors (Lipinski definition) is 2. The van der Waals surface area contributed by atoms with Gasteiger partial charge in [-0.05, 0) is 44.0 Å². The maximum atomic E-state index is 12.5. The second-order valence-electron chi connectivity index (χ2n) is 3.56. The first-order valence-corrected chi connectivity index (χ1v) is 6.77. The first kappa shape index (κ1) is 16.6. The molecular weight excluding hydrogens is 418 g/mol. The van der Waals surface area contributed by atoms with E-state index in [-0.39, 0.29) is 0 Å². The van der Waals surface area contributed by atoms with Crippen LogP contribution < -0.4 is 5.32 Å². The van der Waals surface area contributed by atoms with Gasteiger partial charge in [0.25, 0.3) is 0 Å². The second-order valence-corrected chi connectivity index (χ2v) is 5.70. The number of carbonyl (C=O) groups is 1. The maximum Gasteiger partial charge on any atom is 0.403 e. The number of carboxylic acid groups (broad SMARTS) is 1. The number of carboxylic acids is 1. The molecule has 0 radical (unpaired) electrons. The second kappa shape index (κ2) is 6.32. The summed E-state index contributed by atoms with van der Waals surface area (Å²) in [5.41, 5.74) is 0.305. The van der Waals surface area contributed by atoms with Gasteiger partial charge in [-0.15, -0.1) is 0 Å². The summed E-state index contributed by atoms with van der Waals surface area (Å²) >= 11 is 12.0. The highest BCUT2D eigenvalue weighted by atomic mass is 79.9. The molecule has 9 heteroatoms. The Kier molecular flexibility index (Phi) is 5.52. The third kappa shape index (κ3) is 4.54. The van der Waals surface area contributed by atoms with E-state index in [1.165, 1.54) is 12.1 Å². The molecule has 0 spiro atoms. The zero-order chi connectivity index (χ0) is 14.8. The van der Waals surface area contributed by atoms with Crippen LogP contribution in [0.25, 0.3) is 0 Å². The van der Waals surface area contributed by atoms with Gasteiger partial charge in [0.2, 0.25) is 0 Å².